The number of nitriles is 1. The quantitative estimate of drug-likeness (QED) is 0.0440. The van der Waals surface area contributed by atoms with Crippen LogP contribution in [0, 0.1) is 23.2 Å². The van der Waals surface area contributed by atoms with Crippen LogP contribution in [0.15, 0.2) is 23.4 Å². The number of ether oxygens (including phenoxy) is 2. The van der Waals surface area contributed by atoms with Gasteiger partial charge >= 0.3 is 32.1 Å². The summed E-state index contributed by atoms with van der Waals surface area (Å²) in [5, 5.41) is 31.5. The Morgan fingerprint density at radius 3 is 2.38 bits per heavy atom. The molecule has 1 saturated carbocycles. The minimum absolute atomic E-state index is 0.118. The molecular weight excluding hydrogens is 957 g/mol. The Kier molecular flexibility index (Phi) is 18.8. The highest BCUT2D eigenvalue weighted by molar-refractivity contribution is 8.07. The van der Waals surface area contributed by atoms with Gasteiger partial charge in [-0.15, -0.1) is 14.5 Å². The lowest BCUT2D eigenvalue weighted by Crippen LogP contribution is -2.62. The summed E-state index contributed by atoms with van der Waals surface area (Å²) in [5.74, 6) is -1.40. The predicted octanol–water partition coefficient (Wildman–Crippen LogP) is 5.16. The average Bonchev–Trinajstić information content (AvgIpc) is 3.94. The lowest BCUT2D eigenvalue weighted by atomic mass is 10.1. The van der Waals surface area contributed by atoms with Gasteiger partial charge in [-0.2, -0.15) is 14.9 Å². The maximum atomic E-state index is 13.4. The molecule has 5 rings (SSSR count). The first-order valence-corrected chi connectivity index (χ1v) is 29.5. The number of fused-ring (bicyclic) bond motifs is 1. The molecule has 4 heterocycles. The third kappa shape index (κ3) is 12.6. The van der Waals surface area contributed by atoms with Crippen LogP contribution >= 0.6 is 15.0 Å². The first-order valence-electron chi connectivity index (χ1n) is 21.8. The monoisotopic (exact) mass is 1020 g/mol. The number of aliphatic hydroxyl groups is 1. The summed E-state index contributed by atoms with van der Waals surface area (Å²) in [7, 11) is -10.3. The smallest absolute Gasteiger partial charge is 0.474 e. The average molecular weight is 1020 g/mol. The van der Waals surface area contributed by atoms with Gasteiger partial charge in [0.15, 0.2) is 17.4 Å². The molecular formula is C38H62N9O14P2SSi2+. The number of aliphatic hydroxyl groups excluding tert-OH is 1. The van der Waals surface area contributed by atoms with E-state index in [-0.39, 0.29) is 77.6 Å². The molecule has 1 saturated heterocycles. The molecule has 5 N–H and O–H groups in total. The second-order valence-corrected chi connectivity index (χ2v) is 30.0. The van der Waals surface area contributed by atoms with Gasteiger partial charge < -0.3 is 37.0 Å². The van der Waals surface area contributed by atoms with Gasteiger partial charge in [0.25, 0.3) is 5.56 Å². The lowest BCUT2D eigenvalue weighted by Gasteiger charge is -2.47. The summed E-state index contributed by atoms with van der Waals surface area (Å²) in [6.45, 7) is 13.5. The first kappa shape index (κ1) is 53.9. The molecule has 23 nitrogen and oxygen atoms in total. The van der Waals surface area contributed by atoms with Crippen molar-refractivity contribution in [3.63, 3.8) is 0 Å². The van der Waals surface area contributed by atoms with Crippen LogP contribution in [-0.4, -0.2) is 123 Å². The number of rotatable bonds is 24. The molecule has 28 heteroatoms. The normalized spacial score (nSPS) is 23.9. The molecule has 0 radical (unpaired) electrons. The number of H-pyrrole nitrogens is 1. The summed E-state index contributed by atoms with van der Waals surface area (Å²) >= 11 is 6.12. The molecule has 2 aliphatic rings. The number of amides is 1. The Bertz CT molecular complexity index is 2260. The van der Waals surface area contributed by atoms with Crippen LogP contribution < -0.4 is 15.6 Å². The van der Waals surface area contributed by atoms with Crippen molar-refractivity contribution in [1.82, 2.24) is 34.9 Å². The molecule has 366 valence electrons. The second-order valence-electron chi connectivity index (χ2n) is 17.7. The van der Waals surface area contributed by atoms with E-state index in [1.807, 2.05) is 61.5 Å². The third-order valence-corrected chi connectivity index (χ3v) is 24.1. The van der Waals surface area contributed by atoms with Crippen LogP contribution in [0.3, 0.4) is 0 Å². The summed E-state index contributed by atoms with van der Waals surface area (Å²) in [5.41, 5.74) is -2.18. The van der Waals surface area contributed by atoms with Crippen LogP contribution in [0.2, 0.25) is 22.2 Å². The number of aromatic nitrogens is 7. The second kappa shape index (κ2) is 23.0. The Labute approximate surface area is 391 Å². The highest BCUT2D eigenvalue weighted by atomic mass is 32.5. The zero-order valence-electron chi connectivity index (χ0n) is 38.7. The molecule has 3 aromatic rings. The van der Waals surface area contributed by atoms with E-state index in [2.05, 4.69) is 35.6 Å². The summed E-state index contributed by atoms with van der Waals surface area (Å²) in [4.78, 5) is 63.2. The fraction of sp³-hybridized carbons (Fsp3) is 0.737. The van der Waals surface area contributed by atoms with Crippen molar-refractivity contribution in [2.45, 2.75) is 147 Å². The van der Waals surface area contributed by atoms with Crippen LogP contribution in [0.25, 0.3) is 11.2 Å². The van der Waals surface area contributed by atoms with Crippen molar-refractivity contribution < 1.29 is 60.3 Å². The number of carbonyl (C=O) groups excluding carboxylic acids is 1. The van der Waals surface area contributed by atoms with Gasteiger partial charge in [0.05, 0.1) is 32.3 Å². The number of aromatic amines is 1. The van der Waals surface area contributed by atoms with E-state index in [1.165, 1.54) is 12.5 Å². The third-order valence-electron chi connectivity index (χ3n) is 11.5. The van der Waals surface area contributed by atoms with Crippen LogP contribution in [0.1, 0.15) is 94.7 Å². The van der Waals surface area contributed by atoms with E-state index in [9.17, 15) is 34.2 Å². The molecule has 0 bridgehead atoms. The van der Waals surface area contributed by atoms with E-state index < -0.39 is 98.8 Å². The van der Waals surface area contributed by atoms with Crippen molar-refractivity contribution in [2.75, 3.05) is 25.1 Å². The zero-order valence-corrected chi connectivity index (χ0v) is 43.3. The summed E-state index contributed by atoms with van der Waals surface area (Å²) in [6, 6.07) is 3.59. The number of hydrogen-bond acceptors (Lipinski definition) is 20. The first-order chi connectivity index (χ1) is 31.1. The van der Waals surface area contributed by atoms with Gasteiger partial charge in [0, 0.05) is 35.1 Å². The zero-order chi connectivity index (χ0) is 48.7. The Morgan fingerprint density at radius 1 is 1.11 bits per heavy atom. The molecule has 1 unspecified atom stereocenters. The molecule has 1 aliphatic carbocycles. The highest BCUT2D eigenvalue weighted by Crippen LogP contribution is 2.56. The van der Waals surface area contributed by atoms with Crippen LogP contribution in [0.5, 0.6) is 5.88 Å². The molecule has 66 heavy (non-hydrogen) atoms. The molecule has 3 aromatic heterocycles. The van der Waals surface area contributed by atoms with Gasteiger partial charge in [-0.25, -0.2) is 9.97 Å². The van der Waals surface area contributed by atoms with Crippen molar-refractivity contribution in [1.29, 1.82) is 5.26 Å². The topological polar surface area (TPSA) is 307 Å². The minimum Gasteiger partial charge on any atom is -0.474 e. The maximum Gasteiger partial charge on any atom is 0.695 e. The van der Waals surface area contributed by atoms with Gasteiger partial charge in [-0.3, -0.25) is 24.4 Å². The van der Waals surface area contributed by atoms with Crippen molar-refractivity contribution in [3.05, 3.63) is 28.9 Å². The largest absolute Gasteiger partial charge is 0.695 e. The van der Waals surface area contributed by atoms with E-state index in [0.717, 1.165) is 4.68 Å². The molecule has 1 amide bonds. The minimum atomic E-state index is -4.09. The van der Waals surface area contributed by atoms with E-state index in [1.54, 1.807) is 19.9 Å². The van der Waals surface area contributed by atoms with Crippen molar-refractivity contribution in [3.8, 4) is 11.9 Å². The van der Waals surface area contributed by atoms with Gasteiger partial charge in [0.2, 0.25) is 17.7 Å². The van der Waals surface area contributed by atoms with Gasteiger partial charge in [-0.05, 0) is 40.4 Å². The Morgan fingerprint density at radius 2 is 1.80 bits per heavy atom. The molecule has 0 aromatic carbocycles. The number of nitrogens with zero attached hydrogens (tertiary/aromatic N) is 7. The fourth-order valence-corrected chi connectivity index (χ4v) is 20.4. The van der Waals surface area contributed by atoms with Gasteiger partial charge in [-0.1, -0.05) is 74.5 Å². The Balaban J connectivity index is 1.62. The SMILES string of the molecule is CC(C)C(=O)Nc1nc2c(nnn2[C@@H]2O[C@H](CO)[C@@H](O[Si](O[Si](O)(C(C)C)C(C)C)(C(C)C)C(C)C)[C@H]2O[P@](=S)(OCCC#N)OC[C@H]2C[C@@H](Oc3ccncn3)C[C@@H]2O[P+](=O)O)c(=O)[nH]1. The molecule has 1 aliphatic heterocycles. The van der Waals surface area contributed by atoms with E-state index in [0.29, 0.717) is 0 Å². The van der Waals surface area contributed by atoms with Crippen molar-refractivity contribution in [2.24, 2.45) is 11.8 Å². The van der Waals surface area contributed by atoms with Gasteiger partial charge in [0.1, 0.15) is 36.8 Å². The summed E-state index contributed by atoms with van der Waals surface area (Å²) < 4.78 is 64.9. The van der Waals surface area contributed by atoms with Crippen molar-refractivity contribution >= 4 is 66.9 Å². The molecule has 0 spiro atoms. The number of anilines is 1. The fourth-order valence-electron chi connectivity index (χ4n) is 7.92. The Hall–Kier alpha value is -3.10. The standard InChI is InChI=1S/C38H61N9O14P2SSi2/c1-21(2)35(49)43-38-42-34-31(36(50)44-38)45-46-47(34)37-33(32(29(18-48)57-37)60-66(24(7)8,25(9)10)61-65(53,22(3)4)23(5)6)59-63(64,54-15-11-13-39)55-19-26-16-27(17-28(26)58-62(51)52)56-30-12-14-40-20-41-30/h12,14,20-29,32-33,37,48,53H,11,15-19H2,1-10H3,(H2-,42,43,44,46,49,50,51,52)/p+1/t26-,27-,28+,29-,32-,33-,37-,63+/m1/s1. The number of nitrogens with one attached hydrogen (secondary N) is 2. The van der Waals surface area contributed by atoms with E-state index in [4.69, 9.17) is 47.9 Å². The maximum absolute atomic E-state index is 13.4. The number of hydrogen-bond donors (Lipinski definition) is 5. The molecule has 9 atom stereocenters. The van der Waals surface area contributed by atoms with Crippen LogP contribution in [-0.2, 0) is 52.5 Å². The lowest BCUT2D eigenvalue weighted by molar-refractivity contribution is -0.118. The number of carbonyl (C=O) groups is 1. The highest BCUT2D eigenvalue weighted by Gasteiger charge is 2.60. The van der Waals surface area contributed by atoms with Crippen LogP contribution in [0.4, 0.5) is 5.95 Å². The summed E-state index contributed by atoms with van der Waals surface area (Å²) in [6.07, 6.45) is -3.49. The van der Waals surface area contributed by atoms with E-state index >= 15 is 0 Å². The molecule has 2 fully saturated rings. The predicted molar refractivity (Wildman–Crippen MR) is 246 cm³/mol.